The quantitative estimate of drug-likeness (QED) is 0.0212. The third-order valence-electron chi connectivity index (χ3n) is 19.5. The second-order valence-electron chi connectivity index (χ2n) is 33.1. The summed E-state index contributed by atoms with van der Waals surface area (Å²) in [6.45, 7) is 29.2. The predicted octanol–water partition coefficient (Wildman–Crippen LogP) is 16.3. The predicted molar refractivity (Wildman–Crippen MR) is 525 cm³/mol. The van der Waals surface area contributed by atoms with Crippen LogP contribution in [0.3, 0.4) is 0 Å². The third-order valence-corrected chi connectivity index (χ3v) is 22.7. The second-order valence-corrected chi connectivity index (χ2v) is 37.9. The fraction of sp³-hybridized carbons (Fsp3) is 0.429. The van der Waals surface area contributed by atoms with Crippen LogP contribution in [0.2, 0.25) is 0 Å². The average Bonchev–Trinajstić information content (AvgIpc) is 0.840. The molecule has 38 nitrogen and oxygen atoms in total. The second kappa shape index (κ2) is 57.9. The topological polar surface area (TPSA) is 428 Å². The van der Waals surface area contributed by atoms with Crippen molar-refractivity contribution in [2.24, 2.45) is 0 Å². The van der Waals surface area contributed by atoms with E-state index in [2.05, 4.69) is 97.7 Å². The van der Waals surface area contributed by atoms with E-state index in [1.54, 1.807) is 106 Å². The van der Waals surface area contributed by atoms with E-state index in [0.717, 1.165) is 50.9 Å². The van der Waals surface area contributed by atoms with Gasteiger partial charge in [0.05, 0.1) is 68.9 Å². The van der Waals surface area contributed by atoms with Gasteiger partial charge in [-0.2, -0.15) is 25.4 Å². The van der Waals surface area contributed by atoms with Crippen molar-refractivity contribution in [3.8, 4) is 0 Å². The molecule has 4 aromatic carbocycles. The Bertz CT molecular complexity index is 5360. The number of carbonyl (C=O) groups excluding carboxylic acids is 8. The summed E-state index contributed by atoms with van der Waals surface area (Å²) in [5.74, 6) is -1.76. The first kappa shape index (κ1) is 121. The SMILES string of the molecule is C.C.CN(C)S(=O)(=O)Cl.COC(=O)Cl.COC(=O)N1CCN(Cc2cc(F)cc(NC(=O)Nc3ccc(C)nc3)c2)CC1.COS(=O)(=O)N1CCN(Cc2cc(F)cc(NC(=O)Nc3ccc(C)nc3)c2)CC1.Cc1ccc(NC(=O)Nc2cc(F)cc(CN3CCN(C(=O)OC(C)(C)C)CC3)c2)cn1.Cc1ccc(NC(=O)Nc2cc(F)cc(CN3CCN(C(=O)OC(C)(C)C)CC3)c2)cn1.F.F. The highest BCUT2D eigenvalue weighted by Crippen LogP contribution is 2.26. The summed E-state index contributed by atoms with van der Waals surface area (Å²) >= 11 is 4.60. The summed E-state index contributed by atoms with van der Waals surface area (Å²) in [6, 6.07) is 29.9. The van der Waals surface area contributed by atoms with Crippen molar-refractivity contribution in [2.45, 2.75) is 121 Å². The molecule has 12 rings (SSSR count). The zero-order chi connectivity index (χ0) is 99.5. The maximum atomic E-state index is 14.2. The number of hydrogen-bond acceptors (Lipinski definition) is 25. The minimum absolute atomic E-state index is 0. The number of hydrogen-bond donors (Lipinski definition) is 8. The monoisotopic (exact) mass is 2030 g/mol. The van der Waals surface area contributed by atoms with E-state index >= 15 is 0 Å². The van der Waals surface area contributed by atoms with Gasteiger partial charge in [-0.05, 0) is 213 Å². The van der Waals surface area contributed by atoms with Crippen molar-refractivity contribution in [2.75, 3.05) is 183 Å². The van der Waals surface area contributed by atoms with Crippen LogP contribution < -0.4 is 42.5 Å². The Hall–Kier alpha value is -12.4. The van der Waals surface area contributed by atoms with E-state index in [9.17, 15) is 72.8 Å². The number of nitrogens with zero attached hydrogens (tertiary/aromatic N) is 13. The van der Waals surface area contributed by atoms with Gasteiger partial charge in [-0.15, -0.1) is 0 Å². The molecular formula is C91H127Cl2F6N21O17S2. The summed E-state index contributed by atoms with van der Waals surface area (Å²) in [7, 11) is 4.09. The number of urea groups is 4. The standard InChI is InChI=1S/2C23H30FN5O3.C20H24FN5O3.C19H24FN5O4S.C2H6ClNO2S.C2H3ClO2.2CH4.2FH/c2*1-16-5-6-19(14-25-16)26-21(30)27-20-12-17(11-18(24)13-20)15-28-7-9-29(10-8-28)22(31)32-23(2,3)4;1-14-3-4-17(12-22-14)23-19(27)24-18-10-15(9-16(21)11-18)13-25-5-7-26(8-6-25)20(28)29-2;1-14-3-4-17(12-21-14)22-19(26)23-18-10-15(9-16(20)11-18)13-24-5-7-25(8-6-24)30(27,28)29-2;1-4(2)7(3,5)6;1-5-2(3)4;;;;/h2*5-6,11-14H,7-10,15H2,1-4H3,(H2,26,27,30);3-4,9-12H,5-8,13H2,1-2H3,(H2,23,24,27);3-4,9-12H,5-8,13H2,1-2H3,(H2,22,23,26);1-2H3;1H3;2*1H4;2*1H. The number of halogens is 8. The molecule has 8 aromatic rings. The van der Waals surface area contributed by atoms with Crippen molar-refractivity contribution in [1.82, 2.24) is 62.8 Å². The van der Waals surface area contributed by atoms with E-state index in [0.29, 0.717) is 182 Å². The molecule has 0 unspecified atom stereocenters. The highest BCUT2D eigenvalue weighted by atomic mass is 35.7. The maximum Gasteiger partial charge on any atom is 0.410 e. The minimum atomic E-state index is -3.68. The molecular weight excluding hydrogens is 1910 g/mol. The Labute approximate surface area is 817 Å². The fourth-order valence-corrected chi connectivity index (χ4v) is 13.7. The third kappa shape index (κ3) is 45.9. The fourth-order valence-electron chi connectivity index (χ4n) is 12.9. The Morgan fingerprint density at radius 1 is 0.367 bits per heavy atom. The van der Waals surface area contributed by atoms with Crippen molar-refractivity contribution in [3.63, 3.8) is 0 Å². The summed E-state index contributed by atoms with van der Waals surface area (Å²) < 4.78 is 126. The van der Waals surface area contributed by atoms with E-state index in [4.69, 9.17) is 24.9 Å². The van der Waals surface area contributed by atoms with E-state index < -0.39 is 83.6 Å². The van der Waals surface area contributed by atoms with Crippen LogP contribution in [0, 0.1) is 51.0 Å². The lowest BCUT2D eigenvalue weighted by Gasteiger charge is -2.35. The average molecular weight is 2040 g/mol. The number of carbonyl (C=O) groups is 8. The van der Waals surface area contributed by atoms with Crippen molar-refractivity contribution < 1.29 is 105 Å². The number of methoxy groups -OCH3 is 2. The number of anilines is 8. The van der Waals surface area contributed by atoms with Gasteiger partial charge in [0.1, 0.15) is 34.5 Å². The summed E-state index contributed by atoms with van der Waals surface area (Å²) in [5.41, 5.74) is 8.02. The van der Waals surface area contributed by atoms with Gasteiger partial charge in [0.15, 0.2) is 0 Å². The van der Waals surface area contributed by atoms with Gasteiger partial charge < -0.3 is 76.2 Å². The molecule has 4 saturated heterocycles. The molecule has 48 heteroatoms. The maximum absolute atomic E-state index is 14.2. The molecule has 139 heavy (non-hydrogen) atoms. The first-order valence-corrected chi connectivity index (χ1v) is 46.3. The zero-order valence-corrected chi connectivity index (χ0v) is 81.8. The highest BCUT2D eigenvalue weighted by molar-refractivity contribution is 8.11. The van der Waals surface area contributed by atoms with Crippen LogP contribution in [0.1, 0.15) is 101 Å². The smallest absolute Gasteiger partial charge is 0.410 e. The van der Waals surface area contributed by atoms with Crippen LogP contribution in [0.5, 0.6) is 0 Å². The number of benzene rings is 4. The van der Waals surface area contributed by atoms with E-state index in [1.165, 1.54) is 87.3 Å². The van der Waals surface area contributed by atoms with Crippen molar-refractivity contribution in [3.05, 3.63) is 214 Å². The lowest BCUT2D eigenvalue weighted by Crippen LogP contribution is -2.49. The molecule has 0 radical (unpaired) electrons. The Morgan fingerprint density at radius 3 is 0.770 bits per heavy atom. The number of rotatable bonds is 19. The molecule has 8 heterocycles. The first-order valence-electron chi connectivity index (χ1n) is 42.3. The molecule has 0 bridgehead atoms. The molecule has 0 aliphatic carbocycles. The van der Waals surface area contributed by atoms with Gasteiger partial charge in [-0.3, -0.25) is 53.1 Å². The van der Waals surface area contributed by atoms with Gasteiger partial charge in [-0.25, -0.2) is 55.9 Å². The summed E-state index contributed by atoms with van der Waals surface area (Å²) in [4.78, 5) is 124. The molecule has 0 spiro atoms. The number of ether oxygens (including phenoxy) is 4. The number of pyridine rings is 4. The molecule has 8 N–H and O–H groups in total. The number of aromatic nitrogens is 4. The van der Waals surface area contributed by atoms with Crippen LogP contribution in [0.4, 0.5) is 111 Å². The molecule has 0 saturated carbocycles. The van der Waals surface area contributed by atoms with Crippen LogP contribution in [-0.2, 0) is 68.9 Å². The number of nitrogens with one attached hydrogen (secondary N) is 8. The number of amides is 11. The van der Waals surface area contributed by atoms with Crippen LogP contribution in [0.15, 0.2) is 146 Å². The van der Waals surface area contributed by atoms with Gasteiger partial charge in [0.2, 0.25) is 0 Å². The van der Waals surface area contributed by atoms with Gasteiger partial charge in [0.25, 0.3) is 9.24 Å². The molecule has 4 aliphatic rings. The van der Waals surface area contributed by atoms with E-state index in [-0.39, 0.29) is 42.5 Å². The Morgan fingerprint density at radius 2 is 0.583 bits per heavy atom. The molecule has 4 aliphatic heterocycles. The van der Waals surface area contributed by atoms with Crippen molar-refractivity contribution >= 4 is 135 Å². The minimum Gasteiger partial charge on any atom is -0.457 e. The highest BCUT2D eigenvalue weighted by Gasteiger charge is 2.31. The molecule has 766 valence electrons. The van der Waals surface area contributed by atoms with Crippen LogP contribution >= 0.6 is 22.3 Å². The van der Waals surface area contributed by atoms with Crippen LogP contribution in [-0.4, -0.2) is 279 Å². The van der Waals surface area contributed by atoms with Gasteiger partial charge >= 0.3 is 58.1 Å². The van der Waals surface area contributed by atoms with Crippen molar-refractivity contribution in [1.29, 1.82) is 0 Å². The van der Waals surface area contributed by atoms with Gasteiger partial charge in [0, 0.05) is 213 Å². The molecule has 4 fully saturated rings. The first-order chi connectivity index (χ1) is 63.5. The van der Waals surface area contributed by atoms with Crippen LogP contribution in [0.25, 0.3) is 0 Å². The zero-order valence-electron chi connectivity index (χ0n) is 78.7. The summed E-state index contributed by atoms with van der Waals surface area (Å²) in [6.07, 6.45) is 5.24. The van der Waals surface area contributed by atoms with Gasteiger partial charge in [-0.1, -0.05) is 14.9 Å². The normalized spacial score (nSPS) is 14.0. The van der Waals surface area contributed by atoms with E-state index in [1.807, 2.05) is 74.1 Å². The Balaban J connectivity index is 0.000000453. The lowest BCUT2D eigenvalue weighted by atomic mass is 10.1. The Kier molecular flexibility index (Phi) is 50.3. The number of piperazine rings is 4. The molecule has 4 aromatic heterocycles. The molecule has 11 amide bonds. The number of aryl methyl sites for hydroxylation is 4. The lowest BCUT2D eigenvalue weighted by molar-refractivity contribution is 0.0129. The molecule has 0 atom stereocenters. The largest absolute Gasteiger partial charge is 0.457 e. The summed E-state index contributed by atoms with van der Waals surface area (Å²) in [5, 5.41) is 21.2.